The topological polar surface area (TPSA) is 27.6 Å². The Balaban J connectivity index is 5.48. The highest BCUT2D eigenvalue weighted by atomic mass is 15.2. The summed E-state index contributed by atoms with van der Waals surface area (Å²) < 4.78 is 0. The van der Waals surface area contributed by atoms with Crippen molar-refractivity contribution in [3.8, 4) is 0 Å². The van der Waals surface area contributed by atoms with Gasteiger partial charge >= 0.3 is 0 Å². The minimum atomic E-state index is 0.401. The van der Waals surface area contributed by atoms with Crippen molar-refractivity contribution in [3.05, 3.63) is 48.4 Å². The third-order valence-corrected chi connectivity index (χ3v) is 3.57. The van der Waals surface area contributed by atoms with E-state index in [9.17, 15) is 0 Å². The zero-order valence-corrected chi connectivity index (χ0v) is 15.9. The summed E-state index contributed by atoms with van der Waals surface area (Å²) in [6.07, 6.45) is 10.4. The summed E-state index contributed by atoms with van der Waals surface area (Å²) in [4.78, 5) is 6.92. The fourth-order valence-electron chi connectivity index (χ4n) is 2.39. The van der Waals surface area contributed by atoms with Crippen molar-refractivity contribution in [2.45, 2.75) is 59.4 Å². The monoisotopic (exact) mass is 317 g/mol. The molecule has 0 heterocycles. The molecule has 0 radical (unpaired) electrons. The van der Waals surface area contributed by atoms with E-state index in [2.05, 4.69) is 43.3 Å². The molecule has 0 fully saturated rings. The van der Waals surface area contributed by atoms with E-state index in [1.807, 2.05) is 40.1 Å². The molecule has 0 aromatic heterocycles. The average Bonchev–Trinajstić information content (AvgIpc) is 2.50. The van der Waals surface area contributed by atoms with Crippen molar-refractivity contribution < 1.29 is 0 Å². The lowest BCUT2D eigenvalue weighted by Crippen LogP contribution is -2.31. The van der Waals surface area contributed by atoms with E-state index in [0.29, 0.717) is 6.04 Å². The lowest BCUT2D eigenvalue weighted by Gasteiger charge is -2.22. The molecule has 0 amide bonds. The van der Waals surface area contributed by atoms with Gasteiger partial charge in [-0.15, -0.1) is 0 Å². The van der Waals surface area contributed by atoms with Gasteiger partial charge in [0.2, 0.25) is 0 Å². The Morgan fingerprint density at radius 3 is 2.04 bits per heavy atom. The Hall–Kier alpha value is -1.77. The van der Waals surface area contributed by atoms with Crippen molar-refractivity contribution in [2.24, 2.45) is 4.99 Å². The minimum absolute atomic E-state index is 0.401. The van der Waals surface area contributed by atoms with Crippen molar-refractivity contribution >= 4 is 5.84 Å². The fourth-order valence-corrected chi connectivity index (χ4v) is 2.39. The number of nitrogens with one attached hydrogen (secondary N) is 1. The zero-order valence-electron chi connectivity index (χ0n) is 15.9. The first-order chi connectivity index (χ1) is 10.9. The van der Waals surface area contributed by atoms with E-state index in [1.54, 1.807) is 0 Å². The zero-order chi connectivity index (χ0) is 17.8. The highest BCUT2D eigenvalue weighted by Crippen LogP contribution is 2.13. The quantitative estimate of drug-likeness (QED) is 0.347. The van der Waals surface area contributed by atoms with E-state index < -0.39 is 0 Å². The predicted molar refractivity (Wildman–Crippen MR) is 105 cm³/mol. The molecule has 3 heteroatoms. The largest absolute Gasteiger partial charge is 0.364 e. The van der Waals surface area contributed by atoms with E-state index in [-0.39, 0.29) is 0 Å². The maximum atomic E-state index is 4.86. The summed E-state index contributed by atoms with van der Waals surface area (Å²) in [7, 11) is 4.04. The van der Waals surface area contributed by atoms with Gasteiger partial charge in [0.15, 0.2) is 0 Å². The molecule has 0 aliphatic heterocycles. The summed E-state index contributed by atoms with van der Waals surface area (Å²) >= 11 is 0. The van der Waals surface area contributed by atoms with Crippen LogP contribution in [-0.4, -0.2) is 30.9 Å². The predicted octanol–water partition coefficient (Wildman–Crippen LogP) is 5.05. The summed E-state index contributed by atoms with van der Waals surface area (Å²) in [5.41, 5.74) is 2.13. The maximum Gasteiger partial charge on any atom is 0.114 e. The minimum Gasteiger partial charge on any atom is -0.364 e. The molecule has 0 bridgehead atoms. The third kappa shape index (κ3) is 8.44. The van der Waals surface area contributed by atoms with Crippen LogP contribution in [0.25, 0.3) is 0 Å². The van der Waals surface area contributed by atoms with Crippen molar-refractivity contribution in [1.29, 1.82) is 0 Å². The van der Waals surface area contributed by atoms with Crippen molar-refractivity contribution in [1.82, 2.24) is 10.2 Å². The molecule has 0 rings (SSSR count). The molecule has 0 unspecified atom stereocenters. The van der Waals surface area contributed by atoms with Crippen LogP contribution in [0.5, 0.6) is 0 Å². The van der Waals surface area contributed by atoms with Crippen molar-refractivity contribution in [3.63, 3.8) is 0 Å². The van der Waals surface area contributed by atoms with Crippen molar-refractivity contribution in [2.75, 3.05) is 14.1 Å². The highest BCUT2D eigenvalue weighted by molar-refractivity contribution is 5.81. The number of rotatable bonds is 10. The Morgan fingerprint density at radius 1 is 1.09 bits per heavy atom. The van der Waals surface area contributed by atoms with Crippen LogP contribution in [0.4, 0.5) is 0 Å². The summed E-state index contributed by atoms with van der Waals surface area (Å²) in [5, 5.41) is 3.45. The van der Waals surface area contributed by atoms with Gasteiger partial charge in [-0.3, -0.25) is 4.99 Å². The van der Waals surface area contributed by atoms with Crippen LogP contribution in [0.3, 0.4) is 0 Å². The molecule has 1 N–H and O–H groups in total. The second-order valence-corrected chi connectivity index (χ2v) is 6.07. The molecule has 0 aliphatic carbocycles. The van der Waals surface area contributed by atoms with Crippen LogP contribution >= 0.6 is 0 Å². The molecule has 0 atom stereocenters. The van der Waals surface area contributed by atoms with Crippen LogP contribution in [0.1, 0.15) is 53.4 Å². The number of hydrogen-bond acceptors (Lipinski definition) is 2. The molecule has 0 aromatic rings. The molecule has 0 spiro atoms. The number of aliphatic imine (C=N–C) groups is 1. The first-order valence-electron chi connectivity index (χ1n) is 8.55. The second kappa shape index (κ2) is 11.8. The van der Waals surface area contributed by atoms with E-state index >= 15 is 0 Å². The SMILES string of the molecule is C=C/C(C)=C\C(C=C)=C(\NC(C)=NC(CCC)CCC)N(C)C. The normalized spacial score (nSPS) is 13.7. The molecule has 0 aromatic carbocycles. The summed E-state index contributed by atoms with van der Waals surface area (Å²) in [5.74, 6) is 1.94. The van der Waals surface area contributed by atoms with Crippen LogP contribution < -0.4 is 5.32 Å². The summed E-state index contributed by atoms with van der Waals surface area (Å²) in [6.45, 7) is 16.2. The first-order valence-corrected chi connectivity index (χ1v) is 8.55. The molecule has 0 aliphatic rings. The van der Waals surface area contributed by atoms with Gasteiger partial charge in [0, 0.05) is 19.7 Å². The summed E-state index contributed by atoms with van der Waals surface area (Å²) in [6, 6.07) is 0.401. The van der Waals surface area contributed by atoms with Gasteiger partial charge in [-0.05, 0) is 32.8 Å². The van der Waals surface area contributed by atoms with E-state index in [0.717, 1.165) is 48.5 Å². The number of allylic oxidation sites excluding steroid dienone is 5. The first kappa shape index (κ1) is 21.2. The Bertz CT molecular complexity index is 461. The highest BCUT2D eigenvalue weighted by Gasteiger charge is 2.09. The van der Waals surface area contributed by atoms with Gasteiger partial charge in [0.1, 0.15) is 5.82 Å². The lowest BCUT2D eigenvalue weighted by molar-refractivity contribution is 0.482. The Morgan fingerprint density at radius 2 is 1.65 bits per heavy atom. The Labute approximate surface area is 143 Å². The standard InChI is InChI=1S/C20H35N3/c1-9-13-19(14-10-2)21-17(6)22-20(23(7)8)18(12-4)15-16(5)11-3/h11-12,15,19H,3-4,9-10,13-14H2,1-2,5-8H3,(H,21,22)/b16-15-,20-18-. The van der Waals surface area contributed by atoms with Gasteiger partial charge in [0.25, 0.3) is 0 Å². The van der Waals surface area contributed by atoms with Gasteiger partial charge in [-0.1, -0.05) is 57.6 Å². The van der Waals surface area contributed by atoms with Gasteiger partial charge in [-0.2, -0.15) is 0 Å². The molecule has 130 valence electrons. The number of nitrogens with zero attached hydrogens (tertiary/aromatic N) is 2. The molecule has 0 saturated carbocycles. The lowest BCUT2D eigenvalue weighted by atomic mass is 10.1. The van der Waals surface area contributed by atoms with Crippen LogP contribution in [0, 0.1) is 0 Å². The second-order valence-electron chi connectivity index (χ2n) is 6.07. The molecule has 3 nitrogen and oxygen atoms in total. The van der Waals surface area contributed by atoms with Crippen LogP contribution in [0.15, 0.2) is 53.3 Å². The van der Waals surface area contributed by atoms with E-state index in [1.165, 1.54) is 0 Å². The smallest absolute Gasteiger partial charge is 0.114 e. The third-order valence-electron chi connectivity index (χ3n) is 3.57. The number of hydrogen-bond donors (Lipinski definition) is 1. The average molecular weight is 318 g/mol. The maximum absolute atomic E-state index is 4.86. The van der Waals surface area contributed by atoms with Crippen LogP contribution in [-0.2, 0) is 0 Å². The van der Waals surface area contributed by atoms with E-state index in [4.69, 9.17) is 4.99 Å². The Kier molecular flexibility index (Phi) is 10.8. The van der Waals surface area contributed by atoms with Crippen LogP contribution in [0.2, 0.25) is 0 Å². The van der Waals surface area contributed by atoms with Gasteiger partial charge in [-0.25, -0.2) is 0 Å². The molecule has 23 heavy (non-hydrogen) atoms. The van der Waals surface area contributed by atoms with Gasteiger partial charge < -0.3 is 10.2 Å². The molecular formula is C20H35N3. The number of amidine groups is 1. The van der Waals surface area contributed by atoms with Gasteiger partial charge in [0.05, 0.1) is 11.9 Å². The molecular weight excluding hydrogens is 282 g/mol. The fraction of sp³-hybridized carbons (Fsp3) is 0.550. The molecule has 0 saturated heterocycles.